The molecule has 0 amide bonds. The van der Waals surface area contributed by atoms with E-state index in [2.05, 4.69) is 0 Å². The average Bonchev–Trinajstić information content (AvgIpc) is 2.47. The first kappa shape index (κ1) is 15.1. The summed E-state index contributed by atoms with van der Waals surface area (Å²) >= 11 is 0. The molecule has 3 atom stereocenters. The van der Waals surface area contributed by atoms with E-state index < -0.39 is 6.10 Å². The molecule has 1 N–H and O–H groups in total. The molecule has 0 heterocycles. The molecule has 2 unspecified atom stereocenters. The van der Waals surface area contributed by atoms with E-state index in [-0.39, 0.29) is 12.2 Å². The molecule has 1 saturated carbocycles. The zero-order valence-corrected chi connectivity index (χ0v) is 12.5. The van der Waals surface area contributed by atoms with E-state index in [0.717, 1.165) is 37.0 Å². The number of benzene rings is 1. The summed E-state index contributed by atoms with van der Waals surface area (Å²) in [5.74, 6) is 1.40. The summed E-state index contributed by atoms with van der Waals surface area (Å²) in [5, 5.41) is 9.61. The molecule has 0 bridgehead atoms. The average molecular weight is 280 g/mol. The molecule has 1 fully saturated rings. The molecule has 20 heavy (non-hydrogen) atoms. The molecular formula is C16H24O4. The van der Waals surface area contributed by atoms with Gasteiger partial charge in [0, 0.05) is 13.5 Å². The van der Waals surface area contributed by atoms with Crippen LogP contribution < -0.4 is 9.47 Å². The van der Waals surface area contributed by atoms with Crippen molar-refractivity contribution >= 4 is 0 Å². The van der Waals surface area contributed by atoms with Crippen molar-refractivity contribution in [1.82, 2.24) is 0 Å². The van der Waals surface area contributed by atoms with Crippen molar-refractivity contribution in [1.29, 1.82) is 0 Å². The van der Waals surface area contributed by atoms with Crippen molar-refractivity contribution in [2.75, 3.05) is 14.2 Å². The number of aliphatic hydroxyl groups is 1. The lowest BCUT2D eigenvalue weighted by Gasteiger charge is -2.29. The van der Waals surface area contributed by atoms with Crippen molar-refractivity contribution in [2.45, 2.75) is 50.9 Å². The summed E-state index contributed by atoms with van der Waals surface area (Å²) in [7, 11) is 3.37. The van der Waals surface area contributed by atoms with Crippen LogP contribution in [0.15, 0.2) is 18.2 Å². The predicted octanol–water partition coefficient (Wildman–Crippen LogP) is 3.08. The van der Waals surface area contributed by atoms with Gasteiger partial charge in [0.1, 0.15) is 6.10 Å². The Hall–Kier alpha value is -1.26. The Morgan fingerprint density at radius 2 is 1.90 bits per heavy atom. The van der Waals surface area contributed by atoms with Gasteiger partial charge in [-0.3, -0.25) is 0 Å². The molecule has 0 radical (unpaired) electrons. The van der Waals surface area contributed by atoms with Crippen LogP contribution in [-0.2, 0) is 4.74 Å². The Balaban J connectivity index is 2.08. The standard InChI is InChI=1S/C16H24O4/c1-11(17)12-7-8-15(16(9-12)19-3)20-14-6-4-5-13(10-14)18-2/h7-9,11,13-14,17H,4-6,10H2,1-3H3/t11-,13?,14?/m1/s1. The third kappa shape index (κ3) is 3.64. The van der Waals surface area contributed by atoms with Crippen molar-refractivity contribution in [3.8, 4) is 11.5 Å². The van der Waals surface area contributed by atoms with Crippen LogP contribution >= 0.6 is 0 Å². The third-order valence-electron chi connectivity index (χ3n) is 3.88. The number of aliphatic hydroxyl groups excluding tert-OH is 1. The molecular weight excluding hydrogens is 256 g/mol. The lowest BCUT2D eigenvalue weighted by atomic mass is 9.95. The van der Waals surface area contributed by atoms with Crippen LogP contribution in [0.5, 0.6) is 11.5 Å². The second-order valence-corrected chi connectivity index (χ2v) is 5.35. The van der Waals surface area contributed by atoms with E-state index in [9.17, 15) is 5.11 Å². The molecule has 4 nitrogen and oxygen atoms in total. The molecule has 1 aromatic carbocycles. The molecule has 1 aliphatic carbocycles. The van der Waals surface area contributed by atoms with Gasteiger partial charge in [0.15, 0.2) is 11.5 Å². The van der Waals surface area contributed by atoms with Gasteiger partial charge >= 0.3 is 0 Å². The first-order valence-electron chi connectivity index (χ1n) is 7.19. The van der Waals surface area contributed by atoms with E-state index in [1.807, 2.05) is 18.2 Å². The van der Waals surface area contributed by atoms with E-state index in [4.69, 9.17) is 14.2 Å². The van der Waals surface area contributed by atoms with Crippen LogP contribution in [0.25, 0.3) is 0 Å². The number of methoxy groups -OCH3 is 2. The Kier molecular flexibility index (Phi) is 5.26. The Morgan fingerprint density at radius 3 is 2.55 bits per heavy atom. The Morgan fingerprint density at radius 1 is 1.15 bits per heavy atom. The van der Waals surface area contributed by atoms with Gasteiger partial charge in [-0.25, -0.2) is 0 Å². The molecule has 0 saturated heterocycles. The minimum atomic E-state index is -0.509. The smallest absolute Gasteiger partial charge is 0.161 e. The van der Waals surface area contributed by atoms with Crippen LogP contribution in [0.4, 0.5) is 0 Å². The summed E-state index contributed by atoms with van der Waals surface area (Å²) in [6.07, 6.45) is 4.13. The van der Waals surface area contributed by atoms with E-state index in [0.29, 0.717) is 5.75 Å². The highest BCUT2D eigenvalue weighted by atomic mass is 16.5. The van der Waals surface area contributed by atoms with Gasteiger partial charge in [0.25, 0.3) is 0 Å². The second kappa shape index (κ2) is 6.95. The lowest BCUT2D eigenvalue weighted by molar-refractivity contribution is 0.0201. The monoisotopic (exact) mass is 280 g/mol. The van der Waals surface area contributed by atoms with Gasteiger partial charge in [-0.1, -0.05) is 6.07 Å². The lowest BCUT2D eigenvalue weighted by Crippen LogP contribution is -2.29. The first-order chi connectivity index (χ1) is 9.63. The minimum absolute atomic E-state index is 0.167. The molecule has 2 rings (SSSR count). The second-order valence-electron chi connectivity index (χ2n) is 5.35. The highest BCUT2D eigenvalue weighted by Gasteiger charge is 2.24. The van der Waals surface area contributed by atoms with Gasteiger partial charge in [-0.15, -0.1) is 0 Å². The molecule has 4 heteroatoms. The van der Waals surface area contributed by atoms with Crippen molar-refractivity contribution in [3.63, 3.8) is 0 Å². The zero-order valence-electron chi connectivity index (χ0n) is 12.5. The molecule has 0 aromatic heterocycles. The summed E-state index contributed by atoms with van der Waals surface area (Å²) < 4.78 is 16.8. The molecule has 0 spiro atoms. The van der Waals surface area contributed by atoms with Gasteiger partial charge < -0.3 is 19.3 Å². The minimum Gasteiger partial charge on any atom is -0.493 e. The number of hydrogen-bond acceptors (Lipinski definition) is 4. The van der Waals surface area contributed by atoms with Crippen molar-refractivity contribution in [3.05, 3.63) is 23.8 Å². The third-order valence-corrected chi connectivity index (χ3v) is 3.88. The Labute approximate surface area is 120 Å². The molecule has 1 aliphatic rings. The molecule has 112 valence electrons. The zero-order chi connectivity index (χ0) is 14.5. The number of ether oxygens (including phenoxy) is 3. The number of hydrogen-bond donors (Lipinski definition) is 1. The summed E-state index contributed by atoms with van der Waals surface area (Å²) in [4.78, 5) is 0. The van der Waals surface area contributed by atoms with Gasteiger partial charge in [0.05, 0.1) is 19.3 Å². The Bertz CT molecular complexity index is 430. The fourth-order valence-electron chi connectivity index (χ4n) is 2.64. The maximum Gasteiger partial charge on any atom is 0.161 e. The van der Waals surface area contributed by atoms with Crippen LogP contribution in [0.1, 0.15) is 44.3 Å². The summed E-state index contributed by atoms with van der Waals surface area (Å²) in [6, 6.07) is 5.58. The highest BCUT2D eigenvalue weighted by Crippen LogP contribution is 2.33. The fraction of sp³-hybridized carbons (Fsp3) is 0.625. The van der Waals surface area contributed by atoms with Crippen molar-refractivity contribution < 1.29 is 19.3 Å². The summed E-state index contributed by atoms with van der Waals surface area (Å²) in [5.41, 5.74) is 0.826. The topological polar surface area (TPSA) is 47.9 Å². The maximum absolute atomic E-state index is 9.61. The number of rotatable bonds is 5. The van der Waals surface area contributed by atoms with Crippen molar-refractivity contribution in [2.24, 2.45) is 0 Å². The highest BCUT2D eigenvalue weighted by molar-refractivity contribution is 5.43. The van der Waals surface area contributed by atoms with Crippen LogP contribution in [0, 0.1) is 0 Å². The van der Waals surface area contributed by atoms with Crippen LogP contribution in [-0.4, -0.2) is 31.5 Å². The molecule has 1 aromatic rings. The predicted molar refractivity (Wildman–Crippen MR) is 77.3 cm³/mol. The quantitative estimate of drug-likeness (QED) is 0.900. The van der Waals surface area contributed by atoms with E-state index in [1.165, 1.54) is 0 Å². The van der Waals surface area contributed by atoms with Gasteiger partial charge in [-0.05, 0) is 43.9 Å². The first-order valence-corrected chi connectivity index (χ1v) is 7.19. The van der Waals surface area contributed by atoms with Gasteiger partial charge in [-0.2, -0.15) is 0 Å². The summed E-state index contributed by atoms with van der Waals surface area (Å²) in [6.45, 7) is 1.74. The molecule has 0 aliphatic heterocycles. The normalized spacial score (nSPS) is 24.2. The largest absolute Gasteiger partial charge is 0.493 e. The van der Waals surface area contributed by atoms with Crippen LogP contribution in [0.2, 0.25) is 0 Å². The van der Waals surface area contributed by atoms with E-state index in [1.54, 1.807) is 21.1 Å². The fourth-order valence-corrected chi connectivity index (χ4v) is 2.64. The van der Waals surface area contributed by atoms with E-state index >= 15 is 0 Å². The van der Waals surface area contributed by atoms with Gasteiger partial charge in [0.2, 0.25) is 0 Å². The maximum atomic E-state index is 9.61. The SMILES string of the molecule is COc1cc([C@@H](C)O)ccc1OC1CCCC(OC)C1. The van der Waals surface area contributed by atoms with Crippen LogP contribution in [0.3, 0.4) is 0 Å².